The van der Waals surface area contributed by atoms with Crippen molar-refractivity contribution in [3.05, 3.63) is 18.0 Å². The second kappa shape index (κ2) is 5.22. The monoisotopic (exact) mass is 185 g/mol. The Labute approximate surface area is 77.5 Å². The van der Waals surface area contributed by atoms with E-state index in [2.05, 4.69) is 22.7 Å². The van der Waals surface area contributed by atoms with Gasteiger partial charge in [-0.3, -0.25) is 4.68 Å². The lowest BCUT2D eigenvalue weighted by molar-refractivity contribution is 0.643. The molecule has 1 aromatic rings. The summed E-state index contributed by atoms with van der Waals surface area (Å²) >= 11 is 1.84. The smallest absolute Gasteiger partial charge is 0.0762 e. The first-order chi connectivity index (χ1) is 5.86. The number of aryl methyl sites for hydroxylation is 1. The fourth-order valence-electron chi connectivity index (χ4n) is 0.988. The van der Waals surface area contributed by atoms with Crippen LogP contribution in [0.3, 0.4) is 0 Å². The molecule has 1 N–H and O–H groups in total. The Morgan fingerprint density at radius 3 is 3.17 bits per heavy atom. The zero-order chi connectivity index (χ0) is 8.81. The van der Waals surface area contributed by atoms with E-state index in [0.29, 0.717) is 0 Å². The quantitative estimate of drug-likeness (QED) is 0.741. The third-order valence-electron chi connectivity index (χ3n) is 1.58. The van der Waals surface area contributed by atoms with E-state index in [9.17, 15) is 0 Å². The van der Waals surface area contributed by atoms with E-state index in [1.54, 1.807) is 0 Å². The maximum atomic E-state index is 4.38. The van der Waals surface area contributed by atoms with Crippen molar-refractivity contribution in [2.75, 3.05) is 19.1 Å². The van der Waals surface area contributed by atoms with Crippen LogP contribution in [-0.2, 0) is 13.1 Å². The van der Waals surface area contributed by atoms with E-state index in [4.69, 9.17) is 0 Å². The first-order valence-electron chi connectivity index (χ1n) is 4.02. The molecular formula is C8H15N3S. The molecule has 12 heavy (non-hydrogen) atoms. The van der Waals surface area contributed by atoms with Crippen LogP contribution in [0.5, 0.6) is 0 Å². The van der Waals surface area contributed by atoms with Gasteiger partial charge in [0, 0.05) is 25.0 Å². The Bertz CT molecular complexity index is 222. The molecule has 0 aliphatic heterocycles. The maximum Gasteiger partial charge on any atom is 0.0762 e. The number of thioether (sulfide) groups is 1. The van der Waals surface area contributed by atoms with Gasteiger partial charge in [-0.05, 0) is 19.4 Å². The van der Waals surface area contributed by atoms with Gasteiger partial charge < -0.3 is 5.32 Å². The van der Waals surface area contributed by atoms with Crippen molar-refractivity contribution >= 4 is 11.8 Å². The summed E-state index contributed by atoms with van der Waals surface area (Å²) in [6.45, 7) is 1.86. The van der Waals surface area contributed by atoms with Crippen LogP contribution in [0.4, 0.5) is 0 Å². The lowest BCUT2D eigenvalue weighted by atomic mass is 10.4. The van der Waals surface area contributed by atoms with Crippen molar-refractivity contribution in [1.29, 1.82) is 0 Å². The second-order valence-electron chi connectivity index (χ2n) is 2.59. The first-order valence-corrected chi connectivity index (χ1v) is 5.42. The van der Waals surface area contributed by atoms with Crippen LogP contribution in [0.2, 0.25) is 0 Å². The molecule has 0 aliphatic rings. The number of hydrogen-bond donors (Lipinski definition) is 1. The third kappa shape index (κ3) is 2.87. The zero-order valence-electron chi connectivity index (χ0n) is 7.58. The molecule has 0 saturated heterocycles. The summed E-state index contributed by atoms with van der Waals surface area (Å²) in [7, 11) is 1.93. The van der Waals surface area contributed by atoms with Gasteiger partial charge in [-0.25, -0.2) is 0 Å². The summed E-state index contributed by atoms with van der Waals surface area (Å²) < 4.78 is 1.99. The first kappa shape index (κ1) is 9.61. The number of nitrogens with one attached hydrogen (secondary N) is 1. The summed E-state index contributed by atoms with van der Waals surface area (Å²) in [5, 5.41) is 7.45. The Morgan fingerprint density at radius 2 is 2.50 bits per heavy atom. The molecule has 0 saturated carbocycles. The summed E-state index contributed by atoms with van der Waals surface area (Å²) in [5.41, 5.74) is 1.11. The Hall–Kier alpha value is -0.480. The Balaban J connectivity index is 2.41. The molecule has 0 bridgehead atoms. The van der Waals surface area contributed by atoms with Crippen molar-refractivity contribution in [3.63, 3.8) is 0 Å². The minimum absolute atomic E-state index is 0.853. The molecule has 0 aliphatic carbocycles. The topological polar surface area (TPSA) is 29.9 Å². The molecule has 0 radical (unpaired) electrons. The minimum Gasteiger partial charge on any atom is -0.314 e. The molecule has 68 valence electrons. The highest BCUT2D eigenvalue weighted by Gasteiger charge is 1.95. The molecule has 0 atom stereocenters. The van der Waals surface area contributed by atoms with E-state index in [-0.39, 0.29) is 0 Å². The minimum atomic E-state index is 0.853. The Kier molecular flexibility index (Phi) is 4.18. The fraction of sp³-hybridized carbons (Fsp3) is 0.625. The SMILES string of the molecule is CNCc1ccn(CCSC)n1. The fourth-order valence-corrected chi connectivity index (χ4v) is 1.36. The van der Waals surface area contributed by atoms with Crippen molar-refractivity contribution in [3.8, 4) is 0 Å². The van der Waals surface area contributed by atoms with Crippen LogP contribution in [-0.4, -0.2) is 28.8 Å². The van der Waals surface area contributed by atoms with Crippen LogP contribution in [0.1, 0.15) is 5.69 Å². The summed E-state index contributed by atoms with van der Waals surface area (Å²) in [4.78, 5) is 0. The van der Waals surface area contributed by atoms with Gasteiger partial charge in [-0.15, -0.1) is 0 Å². The van der Waals surface area contributed by atoms with Crippen molar-refractivity contribution in [2.45, 2.75) is 13.1 Å². The van der Waals surface area contributed by atoms with Gasteiger partial charge in [0.2, 0.25) is 0 Å². The molecule has 0 aromatic carbocycles. The van der Waals surface area contributed by atoms with Crippen molar-refractivity contribution < 1.29 is 0 Å². The second-order valence-corrected chi connectivity index (χ2v) is 3.58. The molecule has 1 rings (SSSR count). The third-order valence-corrected chi connectivity index (χ3v) is 2.17. The molecule has 3 nitrogen and oxygen atoms in total. The highest BCUT2D eigenvalue weighted by atomic mass is 32.2. The van der Waals surface area contributed by atoms with E-state index in [1.807, 2.05) is 29.7 Å². The molecule has 0 fully saturated rings. The summed E-state index contributed by atoms with van der Waals surface area (Å²) in [5.74, 6) is 1.13. The van der Waals surface area contributed by atoms with Gasteiger partial charge >= 0.3 is 0 Å². The van der Waals surface area contributed by atoms with Crippen LogP contribution in [0.15, 0.2) is 12.3 Å². The van der Waals surface area contributed by atoms with Crippen LogP contribution < -0.4 is 5.32 Å². The van der Waals surface area contributed by atoms with Gasteiger partial charge in [0.15, 0.2) is 0 Å². The lowest BCUT2D eigenvalue weighted by Gasteiger charge is -1.97. The number of hydrogen-bond acceptors (Lipinski definition) is 3. The van der Waals surface area contributed by atoms with Gasteiger partial charge in [-0.1, -0.05) is 0 Å². The molecule has 0 spiro atoms. The summed E-state index contributed by atoms with van der Waals surface area (Å²) in [6, 6.07) is 2.05. The maximum absolute atomic E-state index is 4.38. The van der Waals surface area contributed by atoms with E-state index >= 15 is 0 Å². The molecule has 0 amide bonds. The highest BCUT2D eigenvalue weighted by Crippen LogP contribution is 1.98. The van der Waals surface area contributed by atoms with E-state index in [1.165, 1.54) is 0 Å². The molecular weight excluding hydrogens is 170 g/mol. The summed E-state index contributed by atoms with van der Waals surface area (Å²) in [6.07, 6.45) is 4.14. The molecule has 1 aromatic heterocycles. The van der Waals surface area contributed by atoms with Crippen molar-refractivity contribution in [2.24, 2.45) is 0 Å². The predicted molar refractivity (Wildman–Crippen MR) is 53.4 cm³/mol. The van der Waals surface area contributed by atoms with Crippen LogP contribution >= 0.6 is 11.8 Å². The average molecular weight is 185 g/mol. The number of rotatable bonds is 5. The van der Waals surface area contributed by atoms with Gasteiger partial charge in [0.25, 0.3) is 0 Å². The van der Waals surface area contributed by atoms with Gasteiger partial charge in [-0.2, -0.15) is 16.9 Å². The van der Waals surface area contributed by atoms with Gasteiger partial charge in [0.1, 0.15) is 0 Å². The predicted octanol–water partition coefficient (Wildman–Crippen LogP) is 0.966. The number of nitrogens with zero attached hydrogens (tertiary/aromatic N) is 2. The lowest BCUT2D eigenvalue weighted by Crippen LogP contribution is -2.07. The molecule has 1 heterocycles. The largest absolute Gasteiger partial charge is 0.314 e. The van der Waals surface area contributed by atoms with Crippen LogP contribution in [0, 0.1) is 0 Å². The normalized spacial score (nSPS) is 10.5. The standard InChI is InChI=1S/C8H15N3S/c1-9-7-8-3-4-11(10-8)5-6-12-2/h3-4,9H,5-7H2,1-2H3. The number of aromatic nitrogens is 2. The van der Waals surface area contributed by atoms with Gasteiger partial charge in [0.05, 0.1) is 5.69 Å². The molecule has 0 unspecified atom stereocenters. The van der Waals surface area contributed by atoms with E-state index in [0.717, 1.165) is 24.5 Å². The molecule has 4 heteroatoms. The Morgan fingerprint density at radius 1 is 1.67 bits per heavy atom. The average Bonchev–Trinajstić information content (AvgIpc) is 2.50. The van der Waals surface area contributed by atoms with E-state index < -0.39 is 0 Å². The zero-order valence-corrected chi connectivity index (χ0v) is 8.40. The highest BCUT2D eigenvalue weighted by molar-refractivity contribution is 7.98. The van der Waals surface area contributed by atoms with Crippen LogP contribution in [0.25, 0.3) is 0 Å². The van der Waals surface area contributed by atoms with Crippen molar-refractivity contribution in [1.82, 2.24) is 15.1 Å².